The van der Waals surface area contributed by atoms with Crippen LogP contribution in [-0.4, -0.2) is 16.1 Å². The summed E-state index contributed by atoms with van der Waals surface area (Å²) >= 11 is 0. The van der Waals surface area contributed by atoms with Crippen LogP contribution in [0.2, 0.25) is 0 Å². The van der Waals surface area contributed by atoms with Crippen molar-refractivity contribution in [2.75, 3.05) is 0 Å². The van der Waals surface area contributed by atoms with Crippen molar-refractivity contribution in [1.82, 2.24) is 0 Å². The molecule has 12 heavy (non-hydrogen) atoms. The molecular weight excluding hydrogens is 164 g/mol. The lowest BCUT2D eigenvalue weighted by Crippen LogP contribution is -2.34. The van der Waals surface area contributed by atoms with Crippen molar-refractivity contribution in [3.05, 3.63) is 38.0 Å². The molecule has 0 radical (unpaired) electrons. The van der Waals surface area contributed by atoms with Gasteiger partial charge in [-0.15, -0.1) is 6.58 Å². The standard InChI is InChI=1S/C10H18OSi/c1-5-9(6-2)10(7-3,8-4)11-12/h5,7-9H,1,3-4,6H2,2,12H3. The van der Waals surface area contributed by atoms with E-state index in [-0.39, 0.29) is 11.5 Å². The average Bonchev–Trinajstić information content (AvgIpc) is 2.14. The molecule has 0 N–H and O–H groups in total. The molecule has 1 nitrogen and oxygen atoms in total. The molecule has 0 heterocycles. The van der Waals surface area contributed by atoms with E-state index >= 15 is 0 Å². The van der Waals surface area contributed by atoms with Gasteiger partial charge in [0.2, 0.25) is 0 Å². The maximum absolute atomic E-state index is 5.51. The lowest BCUT2D eigenvalue weighted by atomic mass is 9.85. The van der Waals surface area contributed by atoms with Crippen LogP contribution in [0, 0.1) is 5.92 Å². The Morgan fingerprint density at radius 3 is 2.00 bits per heavy atom. The van der Waals surface area contributed by atoms with Gasteiger partial charge < -0.3 is 4.43 Å². The lowest BCUT2D eigenvalue weighted by Gasteiger charge is -2.32. The highest BCUT2D eigenvalue weighted by Gasteiger charge is 2.28. The van der Waals surface area contributed by atoms with Gasteiger partial charge in [0.05, 0.1) is 5.60 Å². The third-order valence-electron chi connectivity index (χ3n) is 2.30. The first-order valence-corrected chi connectivity index (χ1v) is 4.97. The van der Waals surface area contributed by atoms with Crippen molar-refractivity contribution in [1.29, 1.82) is 0 Å². The van der Waals surface area contributed by atoms with Gasteiger partial charge in [-0.05, 0) is 6.42 Å². The van der Waals surface area contributed by atoms with Gasteiger partial charge in [0, 0.05) is 5.92 Å². The predicted molar refractivity (Wildman–Crippen MR) is 58.1 cm³/mol. The van der Waals surface area contributed by atoms with Gasteiger partial charge in [-0.25, -0.2) is 0 Å². The second kappa shape index (κ2) is 5.12. The van der Waals surface area contributed by atoms with Gasteiger partial charge in [0.25, 0.3) is 0 Å². The molecule has 0 bridgehead atoms. The molecule has 0 aromatic heterocycles. The molecule has 0 fully saturated rings. The molecule has 0 rings (SSSR count). The minimum Gasteiger partial charge on any atom is -0.415 e. The molecule has 0 spiro atoms. The van der Waals surface area contributed by atoms with Crippen molar-refractivity contribution in [3.8, 4) is 0 Å². The molecule has 0 aliphatic rings. The van der Waals surface area contributed by atoms with Crippen molar-refractivity contribution >= 4 is 10.5 Å². The van der Waals surface area contributed by atoms with E-state index < -0.39 is 0 Å². The van der Waals surface area contributed by atoms with Crippen LogP contribution < -0.4 is 0 Å². The number of rotatable bonds is 6. The monoisotopic (exact) mass is 182 g/mol. The first-order chi connectivity index (χ1) is 5.70. The Kier molecular flexibility index (Phi) is 4.86. The summed E-state index contributed by atoms with van der Waals surface area (Å²) in [5.74, 6) is 0.282. The Morgan fingerprint density at radius 2 is 1.92 bits per heavy atom. The zero-order valence-electron chi connectivity index (χ0n) is 8.05. The minimum absolute atomic E-state index is 0.282. The Bertz CT molecular complexity index is 167. The topological polar surface area (TPSA) is 9.23 Å². The van der Waals surface area contributed by atoms with Gasteiger partial charge in [-0.3, -0.25) is 0 Å². The number of hydrogen-bond donors (Lipinski definition) is 0. The molecular formula is C10H18OSi. The summed E-state index contributed by atoms with van der Waals surface area (Å²) in [4.78, 5) is 0. The first-order valence-electron chi connectivity index (χ1n) is 4.15. The third-order valence-corrected chi connectivity index (χ3v) is 3.00. The summed E-state index contributed by atoms with van der Waals surface area (Å²) < 4.78 is 5.51. The maximum atomic E-state index is 5.51. The average molecular weight is 182 g/mol. The second-order valence-corrected chi connectivity index (χ2v) is 3.12. The molecule has 0 aromatic rings. The minimum atomic E-state index is -0.386. The summed E-state index contributed by atoms with van der Waals surface area (Å²) in [6.07, 6.45) is 6.51. The van der Waals surface area contributed by atoms with E-state index in [0.29, 0.717) is 10.5 Å². The van der Waals surface area contributed by atoms with E-state index in [1.54, 1.807) is 0 Å². The SMILES string of the molecule is C=CC(CC)C(C=C)(C=C)O[SiH3]. The molecule has 1 unspecified atom stereocenters. The predicted octanol–water partition coefficient (Wildman–Crippen LogP) is 1.61. The Hall–Kier alpha value is -0.603. The van der Waals surface area contributed by atoms with Crippen LogP contribution >= 0.6 is 0 Å². The van der Waals surface area contributed by atoms with Crippen molar-refractivity contribution in [3.63, 3.8) is 0 Å². The lowest BCUT2D eigenvalue weighted by molar-refractivity contribution is 0.137. The van der Waals surface area contributed by atoms with Crippen LogP contribution in [0.15, 0.2) is 38.0 Å². The highest BCUT2D eigenvalue weighted by molar-refractivity contribution is 5.98. The van der Waals surface area contributed by atoms with E-state index in [1.165, 1.54) is 0 Å². The van der Waals surface area contributed by atoms with Crippen molar-refractivity contribution in [2.24, 2.45) is 5.92 Å². The zero-order chi connectivity index (χ0) is 9.61. The fourth-order valence-corrected chi connectivity index (χ4v) is 2.01. The first kappa shape index (κ1) is 11.4. The van der Waals surface area contributed by atoms with E-state index in [4.69, 9.17) is 4.43 Å². The Labute approximate surface area is 78.4 Å². The van der Waals surface area contributed by atoms with Crippen LogP contribution in [0.25, 0.3) is 0 Å². The van der Waals surface area contributed by atoms with Gasteiger partial charge in [-0.1, -0.05) is 38.3 Å². The van der Waals surface area contributed by atoms with E-state index in [0.717, 1.165) is 6.42 Å². The summed E-state index contributed by atoms with van der Waals surface area (Å²) in [7, 11) is 0.682. The van der Waals surface area contributed by atoms with Crippen LogP contribution in [-0.2, 0) is 4.43 Å². The molecule has 1 atom stereocenters. The highest BCUT2D eigenvalue weighted by Crippen LogP contribution is 2.27. The molecule has 2 heteroatoms. The molecule has 0 saturated heterocycles. The largest absolute Gasteiger partial charge is 0.415 e. The van der Waals surface area contributed by atoms with Crippen LogP contribution in [0.4, 0.5) is 0 Å². The summed E-state index contributed by atoms with van der Waals surface area (Å²) in [6.45, 7) is 13.4. The van der Waals surface area contributed by atoms with Gasteiger partial charge in [-0.2, -0.15) is 0 Å². The van der Waals surface area contributed by atoms with Crippen LogP contribution in [0.3, 0.4) is 0 Å². The van der Waals surface area contributed by atoms with Crippen molar-refractivity contribution in [2.45, 2.75) is 18.9 Å². The normalized spacial score (nSPS) is 13.8. The quantitative estimate of drug-likeness (QED) is 0.448. The Balaban J connectivity index is 4.77. The zero-order valence-corrected chi connectivity index (χ0v) is 10.0. The molecule has 0 saturated carbocycles. The Morgan fingerprint density at radius 1 is 1.42 bits per heavy atom. The molecule has 0 aliphatic carbocycles. The van der Waals surface area contributed by atoms with E-state index in [1.807, 2.05) is 18.2 Å². The van der Waals surface area contributed by atoms with E-state index in [9.17, 15) is 0 Å². The molecule has 0 aliphatic heterocycles. The van der Waals surface area contributed by atoms with Crippen molar-refractivity contribution < 1.29 is 4.43 Å². The molecule has 68 valence electrons. The van der Waals surface area contributed by atoms with Gasteiger partial charge in [0.1, 0.15) is 10.5 Å². The second-order valence-electron chi connectivity index (χ2n) is 2.72. The number of hydrogen-bond acceptors (Lipinski definition) is 1. The highest BCUT2D eigenvalue weighted by atomic mass is 28.2. The van der Waals surface area contributed by atoms with Gasteiger partial charge >= 0.3 is 0 Å². The third kappa shape index (κ3) is 1.96. The summed E-state index contributed by atoms with van der Waals surface area (Å²) in [5.41, 5.74) is -0.386. The fourth-order valence-electron chi connectivity index (χ4n) is 1.37. The summed E-state index contributed by atoms with van der Waals surface area (Å²) in [6, 6.07) is 0. The van der Waals surface area contributed by atoms with Gasteiger partial charge in [0.15, 0.2) is 0 Å². The smallest absolute Gasteiger partial charge is 0.147 e. The van der Waals surface area contributed by atoms with Crippen LogP contribution in [0.5, 0.6) is 0 Å². The fraction of sp³-hybridized carbons (Fsp3) is 0.400. The molecule has 0 amide bonds. The molecule has 0 aromatic carbocycles. The maximum Gasteiger partial charge on any atom is 0.147 e. The summed E-state index contributed by atoms with van der Waals surface area (Å²) in [5, 5.41) is 0. The van der Waals surface area contributed by atoms with Crippen LogP contribution in [0.1, 0.15) is 13.3 Å². The van der Waals surface area contributed by atoms with E-state index in [2.05, 4.69) is 26.7 Å².